The summed E-state index contributed by atoms with van der Waals surface area (Å²) in [6, 6.07) is 0. The lowest BCUT2D eigenvalue weighted by Gasteiger charge is -2.56. The van der Waals surface area contributed by atoms with Crippen molar-refractivity contribution < 1.29 is 0 Å². The molecule has 0 aromatic heterocycles. The maximum Gasteiger partial charge on any atom is -0.0357 e. The Kier molecular flexibility index (Phi) is 0.717. The highest BCUT2D eigenvalue weighted by Gasteiger charge is 2.49. The lowest BCUT2D eigenvalue weighted by Crippen LogP contribution is -2.47. The molecule has 2 bridgehead atoms. The second-order valence-corrected chi connectivity index (χ2v) is 4.33. The second kappa shape index (κ2) is 1.36. The van der Waals surface area contributed by atoms with Crippen molar-refractivity contribution in [3.05, 3.63) is 0 Å². The minimum atomic E-state index is 1.19. The average molecular weight is 122 g/mol. The Hall–Kier alpha value is 0. The zero-order chi connectivity index (χ0) is 5.84. The van der Waals surface area contributed by atoms with E-state index in [1.165, 1.54) is 23.7 Å². The van der Waals surface area contributed by atoms with Gasteiger partial charge in [0, 0.05) is 0 Å². The van der Waals surface area contributed by atoms with Gasteiger partial charge in [-0.15, -0.1) is 0 Å². The van der Waals surface area contributed by atoms with E-state index in [0.717, 1.165) is 0 Å². The largest absolute Gasteiger partial charge is 0.0499 e. The number of hydrogen-bond acceptors (Lipinski definition) is 0. The normalized spacial score (nSPS) is 61.3. The lowest BCUT2D eigenvalue weighted by molar-refractivity contribution is -0.0615. The van der Waals surface area contributed by atoms with E-state index in [9.17, 15) is 0 Å². The van der Waals surface area contributed by atoms with Gasteiger partial charge in [0.25, 0.3) is 0 Å². The molecule has 0 N–H and O–H groups in total. The molecule has 0 aromatic carbocycles. The molecule has 0 aromatic rings. The van der Waals surface area contributed by atoms with Gasteiger partial charge >= 0.3 is 0 Å². The van der Waals surface area contributed by atoms with Crippen LogP contribution in [0.2, 0.25) is 0 Å². The molecular formula is C9H14. The van der Waals surface area contributed by atoms with Crippen LogP contribution in [0.1, 0.15) is 32.1 Å². The zero-order valence-corrected chi connectivity index (χ0v) is 5.84. The summed E-state index contributed by atoms with van der Waals surface area (Å²) in [5, 5.41) is 0. The summed E-state index contributed by atoms with van der Waals surface area (Å²) in [5.74, 6) is 4.83. The Bertz CT molecular complexity index is 131. The molecule has 4 aliphatic carbocycles. The minimum Gasteiger partial charge on any atom is -0.0499 e. The van der Waals surface area contributed by atoms with Crippen molar-refractivity contribution in [1.82, 2.24) is 0 Å². The Morgan fingerprint density at radius 3 is 1.89 bits per heavy atom. The molecule has 4 fully saturated rings. The van der Waals surface area contributed by atoms with E-state index < -0.39 is 0 Å². The van der Waals surface area contributed by atoms with Crippen LogP contribution < -0.4 is 0 Å². The van der Waals surface area contributed by atoms with Gasteiger partial charge in [-0.1, -0.05) is 0 Å². The molecule has 0 nitrogen and oxygen atoms in total. The fourth-order valence-corrected chi connectivity index (χ4v) is 3.27. The molecule has 0 spiro atoms. The van der Waals surface area contributed by atoms with Crippen molar-refractivity contribution in [3.63, 3.8) is 0 Å². The van der Waals surface area contributed by atoms with Crippen LogP contribution in [0, 0.1) is 23.7 Å². The topological polar surface area (TPSA) is 0 Å². The average Bonchev–Trinajstić information content (AvgIpc) is 1.67. The molecule has 0 saturated heterocycles. The Labute approximate surface area is 56.6 Å². The molecule has 4 rings (SSSR count). The van der Waals surface area contributed by atoms with Gasteiger partial charge in [0.05, 0.1) is 0 Å². The molecule has 0 aliphatic heterocycles. The van der Waals surface area contributed by atoms with Crippen molar-refractivity contribution >= 4 is 0 Å². The van der Waals surface area contributed by atoms with Gasteiger partial charge in [0.15, 0.2) is 0 Å². The van der Waals surface area contributed by atoms with Crippen molar-refractivity contribution in [2.45, 2.75) is 32.1 Å². The quantitative estimate of drug-likeness (QED) is 0.463. The van der Waals surface area contributed by atoms with Gasteiger partial charge in [0.2, 0.25) is 0 Å². The molecule has 0 amide bonds. The molecule has 4 aliphatic rings. The summed E-state index contributed by atoms with van der Waals surface area (Å²) in [6.45, 7) is 0. The second-order valence-electron chi connectivity index (χ2n) is 4.33. The van der Waals surface area contributed by atoms with Gasteiger partial charge < -0.3 is 0 Å². The minimum absolute atomic E-state index is 1.19. The summed E-state index contributed by atoms with van der Waals surface area (Å²) in [7, 11) is 0. The highest BCUT2D eigenvalue weighted by Crippen LogP contribution is 2.59. The van der Waals surface area contributed by atoms with Crippen molar-refractivity contribution in [3.8, 4) is 0 Å². The van der Waals surface area contributed by atoms with Crippen LogP contribution in [0.15, 0.2) is 0 Å². The standard InChI is InChI=1S/C9H14/c1-2-9-7(1)3-6-4-8(9)5-6/h6-9H,1-5H2. The highest BCUT2D eigenvalue weighted by atomic mass is 14.5. The Morgan fingerprint density at radius 1 is 0.778 bits per heavy atom. The van der Waals surface area contributed by atoms with Gasteiger partial charge in [-0.25, -0.2) is 0 Å². The third-order valence-corrected chi connectivity index (χ3v) is 3.99. The van der Waals surface area contributed by atoms with Gasteiger partial charge in [0.1, 0.15) is 0 Å². The van der Waals surface area contributed by atoms with Crippen LogP contribution in [0.3, 0.4) is 0 Å². The first-order valence-electron chi connectivity index (χ1n) is 4.43. The van der Waals surface area contributed by atoms with Crippen LogP contribution >= 0.6 is 0 Å². The third kappa shape index (κ3) is 0.461. The summed E-state index contributed by atoms with van der Waals surface area (Å²) in [4.78, 5) is 0. The number of hydrogen-bond donors (Lipinski definition) is 0. The van der Waals surface area contributed by atoms with E-state index in [2.05, 4.69) is 0 Å². The van der Waals surface area contributed by atoms with E-state index in [1.807, 2.05) is 0 Å². The van der Waals surface area contributed by atoms with E-state index in [4.69, 9.17) is 0 Å². The monoisotopic (exact) mass is 122 g/mol. The van der Waals surface area contributed by atoms with Crippen LogP contribution in [0.25, 0.3) is 0 Å². The van der Waals surface area contributed by atoms with Crippen molar-refractivity contribution in [2.75, 3.05) is 0 Å². The molecule has 50 valence electrons. The third-order valence-electron chi connectivity index (χ3n) is 3.99. The molecule has 0 radical (unpaired) electrons. The molecule has 9 heavy (non-hydrogen) atoms. The summed E-state index contributed by atoms with van der Waals surface area (Å²) >= 11 is 0. The fourth-order valence-electron chi connectivity index (χ4n) is 3.27. The smallest absolute Gasteiger partial charge is 0.0357 e. The lowest BCUT2D eigenvalue weighted by atomic mass is 9.49. The maximum absolute atomic E-state index is 1.61. The molecule has 2 atom stereocenters. The molecule has 4 saturated carbocycles. The molecule has 0 heterocycles. The van der Waals surface area contributed by atoms with E-state index >= 15 is 0 Å². The van der Waals surface area contributed by atoms with Gasteiger partial charge in [-0.05, 0) is 55.8 Å². The van der Waals surface area contributed by atoms with E-state index in [0.29, 0.717) is 0 Å². The van der Waals surface area contributed by atoms with Crippen LogP contribution in [-0.4, -0.2) is 0 Å². The molecule has 2 unspecified atom stereocenters. The predicted octanol–water partition coefficient (Wildman–Crippen LogP) is 2.44. The van der Waals surface area contributed by atoms with E-state index in [-0.39, 0.29) is 0 Å². The van der Waals surface area contributed by atoms with Crippen LogP contribution in [-0.2, 0) is 0 Å². The molecule has 0 heteroatoms. The zero-order valence-electron chi connectivity index (χ0n) is 5.84. The first-order chi connectivity index (χ1) is 4.43. The maximum atomic E-state index is 1.61. The number of rotatable bonds is 0. The highest BCUT2D eigenvalue weighted by molar-refractivity contribution is 4.99. The first-order valence-corrected chi connectivity index (χ1v) is 4.43. The predicted molar refractivity (Wildman–Crippen MR) is 37.0 cm³/mol. The fraction of sp³-hybridized carbons (Fsp3) is 1.00. The molecular weight excluding hydrogens is 108 g/mol. The first kappa shape index (κ1) is 4.76. The Morgan fingerprint density at radius 2 is 1.56 bits per heavy atom. The van der Waals surface area contributed by atoms with Crippen molar-refractivity contribution in [2.24, 2.45) is 23.7 Å². The van der Waals surface area contributed by atoms with Gasteiger partial charge in [-0.3, -0.25) is 0 Å². The summed E-state index contributed by atoms with van der Waals surface area (Å²) in [6.07, 6.45) is 8.00. The SMILES string of the molecule is C1CC2C1CC1CC2C1. The van der Waals surface area contributed by atoms with Crippen LogP contribution in [0.5, 0.6) is 0 Å². The van der Waals surface area contributed by atoms with Crippen LogP contribution in [0.4, 0.5) is 0 Å². The van der Waals surface area contributed by atoms with E-state index in [1.54, 1.807) is 32.1 Å². The Balaban J connectivity index is 1.84. The summed E-state index contributed by atoms with van der Waals surface area (Å²) in [5.41, 5.74) is 0. The van der Waals surface area contributed by atoms with Gasteiger partial charge in [-0.2, -0.15) is 0 Å². The summed E-state index contributed by atoms with van der Waals surface area (Å²) < 4.78 is 0. The van der Waals surface area contributed by atoms with Crippen molar-refractivity contribution in [1.29, 1.82) is 0 Å².